The van der Waals surface area contributed by atoms with Crippen LogP contribution < -0.4 is 10.6 Å². The Bertz CT molecular complexity index is 555. The van der Waals surface area contributed by atoms with Crippen LogP contribution in [-0.4, -0.2) is 5.11 Å². The molecule has 0 unspecified atom stereocenters. The maximum absolute atomic E-state index is 12.7. The zero-order chi connectivity index (χ0) is 13.7. The van der Waals surface area contributed by atoms with Crippen LogP contribution in [0.3, 0.4) is 0 Å². The molecule has 2 N–H and O–H groups in total. The van der Waals surface area contributed by atoms with Gasteiger partial charge < -0.3 is 10.6 Å². The molecule has 2 nitrogen and oxygen atoms in total. The minimum Gasteiger partial charge on any atom is -0.358 e. The highest BCUT2D eigenvalue weighted by atomic mass is 35.5. The van der Waals surface area contributed by atoms with Gasteiger partial charge in [-0.25, -0.2) is 4.39 Å². The van der Waals surface area contributed by atoms with Crippen LogP contribution in [0.4, 0.5) is 10.1 Å². The van der Waals surface area contributed by atoms with Crippen LogP contribution in [0.2, 0.25) is 5.02 Å². The third-order valence-corrected chi connectivity index (χ3v) is 2.97. The molecule has 0 spiro atoms. The van der Waals surface area contributed by atoms with Crippen molar-refractivity contribution in [2.24, 2.45) is 0 Å². The van der Waals surface area contributed by atoms with Crippen molar-refractivity contribution in [3.05, 3.63) is 64.9 Å². The van der Waals surface area contributed by atoms with Crippen LogP contribution in [0, 0.1) is 5.82 Å². The van der Waals surface area contributed by atoms with Gasteiger partial charge in [0.15, 0.2) is 5.11 Å². The van der Waals surface area contributed by atoms with Crippen LogP contribution in [0.25, 0.3) is 0 Å². The highest BCUT2D eigenvalue weighted by molar-refractivity contribution is 7.80. The highest BCUT2D eigenvalue weighted by Crippen LogP contribution is 2.10. The van der Waals surface area contributed by atoms with Crippen LogP contribution in [0.5, 0.6) is 0 Å². The summed E-state index contributed by atoms with van der Waals surface area (Å²) < 4.78 is 12.7. The third-order valence-electron chi connectivity index (χ3n) is 2.47. The van der Waals surface area contributed by atoms with E-state index in [-0.39, 0.29) is 5.82 Å². The molecule has 0 heterocycles. The second-order valence-corrected chi connectivity index (χ2v) is 4.79. The van der Waals surface area contributed by atoms with Crippen molar-refractivity contribution in [2.45, 2.75) is 6.54 Å². The topological polar surface area (TPSA) is 24.1 Å². The largest absolute Gasteiger partial charge is 0.358 e. The summed E-state index contributed by atoms with van der Waals surface area (Å²) in [5.74, 6) is -0.273. The van der Waals surface area contributed by atoms with Gasteiger partial charge in [-0.1, -0.05) is 23.7 Å². The van der Waals surface area contributed by atoms with Crippen molar-refractivity contribution in [1.82, 2.24) is 5.32 Å². The van der Waals surface area contributed by atoms with E-state index in [1.807, 2.05) is 24.3 Å². The van der Waals surface area contributed by atoms with Gasteiger partial charge in [-0.2, -0.15) is 0 Å². The predicted molar refractivity (Wildman–Crippen MR) is 80.9 cm³/mol. The number of hydrogen-bond acceptors (Lipinski definition) is 1. The first kappa shape index (κ1) is 13.8. The van der Waals surface area contributed by atoms with E-state index >= 15 is 0 Å². The molecule has 0 amide bonds. The van der Waals surface area contributed by atoms with Crippen LogP contribution in [-0.2, 0) is 6.54 Å². The van der Waals surface area contributed by atoms with Gasteiger partial charge >= 0.3 is 0 Å². The molecule has 0 aromatic heterocycles. The number of thiocarbonyl (C=S) groups is 1. The quantitative estimate of drug-likeness (QED) is 0.838. The summed E-state index contributed by atoms with van der Waals surface area (Å²) in [4.78, 5) is 0. The molecule has 0 bridgehead atoms. The summed E-state index contributed by atoms with van der Waals surface area (Å²) in [7, 11) is 0. The fraction of sp³-hybridized carbons (Fsp3) is 0.0714. The number of halogens is 2. The number of rotatable bonds is 3. The Balaban J connectivity index is 1.84. The van der Waals surface area contributed by atoms with Gasteiger partial charge in [0, 0.05) is 17.3 Å². The fourth-order valence-electron chi connectivity index (χ4n) is 1.49. The second kappa shape index (κ2) is 6.50. The standard InChI is InChI=1S/C14H12ClFN2S/c15-11-3-1-10(2-4-11)9-17-14(19)18-13-7-5-12(16)6-8-13/h1-8H,9H2,(H2,17,18,19). The minimum absolute atomic E-state index is 0.273. The molecule has 0 saturated heterocycles. The first-order valence-electron chi connectivity index (χ1n) is 5.68. The van der Waals surface area contributed by atoms with Crippen molar-refractivity contribution >= 4 is 34.6 Å². The molecule has 0 fully saturated rings. The lowest BCUT2D eigenvalue weighted by atomic mass is 10.2. The Labute approximate surface area is 121 Å². The van der Waals surface area contributed by atoms with E-state index in [1.54, 1.807) is 12.1 Å². The van der Waals surface area contributed by atoms with Gasteiger partial charge in [-0.05, 0) is 54.2 Å². The van der Waals surface area contributed by atoms with Gasteiger partial charge in [-0.15, -0.1) is 0 Å². The monoisotopic (exact) mass is 294 g/mol. The molecule has 5 heteroatoms. The summed E-state index contributed by atoms with van der Waals surface area (Å²) >= 11 is 11.0. The summed E-state index contributed by atoms with van der Waals surface area (Å²) in [5, 5.41) is 7.24. The zero-order valence-corrected chi connectivity index (χ0v) is 11.6. The molecule has 0 radical (unpaired) electrons. The van der Waals surface area contributed by atoms with Crippen molar-refractivity contribution in [2.75, 3.05) is 5.32 Å². The van der Waals surface area contributed by atoms with Crippen molar-refractivity contribution in [1.29, 1.82) is 0 Å². The second-order valence-electron chi connectivity index (χ2n) is 3.94. The number of hydrogen-bond donors (Lipinski definition) is 2. The van der Waals surface area contributed by atoms with Gasteiger partial charge in [0.05, 0.1) is 0 Å². The molecule has 2 aromatic rings. The Hall–Kier alpha value is -1.65. The Morgan fingerprint density at radius 3 is 2.32 bits per heavy atom. The molecule has 0 aliphatic heterocycles. The zero-order valence-electron chi connectivity index (χ0n) is 9.99. The number of anilines is 1. The third kappa shape index (κ3) is 4.50. The lowest BCUT2D eigenvalue weighted by Gasteiger charge is -2.10. The smallest absolute Gasteiger partial charge is 0.171 e. The van der Waals surface area contributed by atoms with Crippen molar-refractivity contribution in [3.8, 4) is 0 Å². The maximum atomic E-state index is 12.7. The lowest BCUT2D eigenvalue weighted by Crippen LogP contribution is -2.27. The van der Waals surface area contributed by atoms with E-state index in [4.69, 9.17) is 23.8 Å². The average Bonchev–Trinajstić information content (AvgIpc) is 2.41. The van der Waals surface area contributed by atoms with Crippen LogP contribution >= 0.6 is 23.8 Å². The fourth-order valence-corrected chi connectivity index (χ4v) is 1.81. The SMILES string of the molecule is Fc1ccc(NC(=S)NCc2ccc(Cl)cc2)cc1. The molecule has 2 aromatic carbocycles. The molecule has 0 saturated carbocycles. The number of nitrogens with one attached hydrogen (secondary N) is 2. The van der Waals surface area contributed by atoms with E-state index in [0.29, 0.717) is 16.7 Å². The van der Waals surface area contributed by atoms with E-state index in [9.17, 15) is 4.39 Å². The van der Waals surface area contributed by atoms with E-state index in [0.717, 1.165) is 11.3 Å². The van der Waals surface area contributed by atoms with Crippen LogP contribution in [0.15, 0.2) is 48.5 Å². The Morgan fingerprint density at radius 1 is 1.05 bits per heavy atom. The molecule has 2 rings (SSSR count). The first-order chi connectivity index (χ1) is 9.13. The normalized spacial score (nSPS) is 10.0. The van der Waals surface area contributed by atoms with Gasteiger partial charge in [-0.3, -0.25) is 0 Å². The summed E-state index contributed by atoms with van der Waals surface area (Å²) in [6.45, 7) is 0.601. The minimum atomic E-state index is -0.273. The summed E-state index contributed by atoms with van der Waals surface area (Å²) in [6, 6.07) is 13.5. The summed E-state index contributed by atoms with van der Waals surface area (Å²) in [6.07, 6.45) is 0. The molecule has 19 heavy (non-hydrogen) atoms. The molecular formula is C14H12ClFN2S. The Morgan fingerprint density at radius 2 is 1.68 bits per heavy atom. The Kier molecular flexibility index (Phi) is 4.71. The van der Waals surface area contributed by atoms with E-state index in [1.165, 1.54) is 12.1 Å². The molecule has 0 aliphatic rings. The van der Waals surface area contributed by atoms with Crippen molar-refractivity contribution in [3.63, 3.8) is 0 Å². The van der Waals surface area contributed by atoms with Gasteiger partial charge in [0.1, 0.15) is 5.82 Å². The molecule has 0 aliphatic carbocycles. The van der Waals surface area contributed by atoms with E-state index in [2.05, 4.69) is 10.6 Å². The molecule has 98 valence electrons. The van der Waals surface area contributed by atoms with Crippen LogP contribution in [0.1, 0.15) is 5.56 Å². The average molecular weight is 295 g/mol. The van der Waals surface area contributed by atoms with Gasteiger partial charge in [0.2, 0.25) is 0 Å². The highest BCUT2D eigenvalue weighted by Gasteiger charge is 1.99. The van der Waals surface area contributed by atoms with E-state index < -0.39 is 0 Å². The molecule has 0 atom stereocenters. The maximum Gasteiger partial charge on any atom is 0.171 e. The van der Waals surface area contributed by atoms with Crippen molar-refractivity contribution < 1.29 is 4.39 Å². The predicted octanol–water partition coefficient (Wildman–Crippen LogP) is 3.97. The molecular weight excluding hydrogens is 283 g/mol. The lowest BCUT2D eigenvalue weighted by molar-refractivity contribution is 0.628. The summed E-state index contributed by atoms with van der Waals surface area (Å²) in [5.41, 5.74) is 1.82. The first-order valence-corrected chi connectivity index (χ1v) is 6.47. The van der Waals surface area contributed by atoms with Gasteiger partial charge in [0.25, 0.3) is 0 Å². The number of benzene rings is 2.